The lowest BCUT2D eigenvalue weighted by Gasteiger charge is -2.23. The van der Waals surface area contributed by atoms with Gasteiger partial charge in [-0.1, -0.05) is 25.1 Å². The van der Waals surface area contributed by atoms with E-state index in [0.29, 0.717) is 17.1 Å². The van der Waals surface area contributed by atoms with Crippen LogP contribution in [0.5, 0.6) is 11.5 Å². The molecule has 33 heavy (non-hydrogen) atoms. The standard InChI is InChI=1S/C20H24N4O7S2/c1-3-33(29,30)11-10-19(25)21-22-20(26)24-13-14-6-4-5-7-17(14)31-18-9-8-15(12-16(18)24)23-32(2,27)28/h4-9,12,23H,3,10-11,13H2,1-2H3,(H,21,25)(H,22,26). The van der Waals surface area contributed by atoms with Crippen LogP contribution in [0.15, 0.2) is 42.5 Å². The summed E-state index contributed by atoms with van der Waals surface area (Å²) in [4.78, 5) is 26.3. The number of sulfone groups is 1. The Balaban J connectivity index is 1.84. The first-order valence-corrected chi connectivity index (χ1v) is 13.6. The van der Waals surface area contributed by atoms with Crippen molar-refractivity contribution in [2.45, 2.75) is 19.9 Å². The first kappa shape index (κ1) is 24.3. The third-order valence-corrected chi connectivity index (χ3v) is 7.02. The highest BCUT2D eigenvalue weighted by atomic mass is 32.2. The number of sulfonamides is 1. The maximum Gasteiger partial charge on any atom is 0.341 e. The number of anilines is 2. The maximum atomic E-state index is 13.0. The van der Waals surface area contributed by atoms with Crippen LogP contribution in [-0.4, -0.2) is 46.5 Å². The zero-order chi connectivity index (χ0) is 24.2. The molecule has 1 aliphatic rings. The van der Waals surface area contributed by atoms with Gasteiger partial charge in [-0.3, -0.25) is 19.8 Å². The Kier molecular flexibility index (Phi) is 7.12. The van der Waals surface area contributed by atoms with Gasteiger partial charge in [0.25, 0.3) is 0 Å². The number of nitrogens with one attached hydrogen (secondary N) is 3. The van der Waals surface area contributed by atoms with E-state index in [1.807, 2.05) is 0 Å². The molecule has 3 rings (SSSR count). The smallest absolute Gasteiger partial charge is 0.341 e. The van der Waals surface area contributed by atoms with Crippen LogP contribution in [0.2, 0.25) is 0 Å². The number of nitrogens with zero attached hydrogens (tertiary/aromatic N) is 1. The monoisotopic (exact) mass is 496 g/mol. The summed E-state index contributed by atoms with van der Waals surface area (Å²) in [5.74, 6) is -0.263. The summed E-state index contributed by atoms with van der Waals surface area (Å²) in [5.41, 5.74) is 5.65. The van der Waals surface area contributed by atoms with Gasteiger partial charge < -0.3 is 4.74 Å². The zero-order valence-corrected chi connectivity index (χ0v) is 19.6. The molecule has 0 unspecified atom stereocenters. The highest BCUT2D eigenvalue weighted by Gasteiger charge is 2.26. The Morgan fingerprint density at radius 3 is 2.45 bits per heavy atom. The summed E-state index contributed by atoms with van der Waals surface area (Å²) in [6.07, 6.45) is 0.700. The van der Waals surface area contributed by atoms with Crippen LogP contribution in [0, 0.1) is 0 Å². The van der Waals surface area contributed by atoms with Crippen LogP contribution in [0.1, 0.15) is 18.9 Å². The second kappa shape index (κ2) is 9.67. The molecule has 0 fully saturated rings. The number of amides is 3. The van der Waals surface area contributed by atoms with Gasteiger partial charge in [0, 0.05) is 17.7 Å². The van der Waals surface area contributed by atoms with Crippen LogP contribution >= 0.6 is 0 Å². The minimum absolute atomic E-state index is 0.0669. The lowest BCUT2D eigenvalue weighted by Crippen LogP contribution is -2.49. The van der Waals surface area contributed by atoms with Crippen molar-refractivity contribution in [1.82, 2.24) is 10.9 Å². The summed E-state index contributed by atoms with van der Waals surface area (Å²) in [6.45, 7) is 1.55. The molecular formula is C20H24N4O7S2. The molecule has 3 N–H and O–H groups in total. The summed E-state index contributed by atoms with van der Waals surface area (Å²) in [5, 5.41) is 0. The van der Waals surface area contributed by atoms with E-state index in [2.05, 4.69) is 15.6 Å². The van der Waals surface area contributed by atoms with E-state index >= 15 is 0 Å². The lowest BCUT2D eigenvalue weighted by atomic mass is 10.2. The molecule has 0 aliphatic carbocycles. The van der Waals surface area contributed by atoms with Gasteiger partial charge in [0.05, 0.1) is 29.9 Å². The average molecular weight is 497 g/mol. The Bertz CT molecular complexity index is 1280. The van der Waals surface area contributed by atoms with Gasteiger partial charge in [-0.2, -0.15) is 0 Å². The molecule has 3 amide bonds. The molecule has 0 atom stereocenters. The SMILES string of the molecule is CCS(=O)(=O)CCC(=O)NNC(=O)N1Cc2ccccc2Oc2ccc(NS(C)(=O)=O)cc21. The van der Waals surface area contributed by atoms with E-state index in [1.54, 1.807) is 24.3 Å². The average Bonchev–Trinajstić information content (AvgIpc) is 2.91. The minimum Gasteiger partial charge on any atom is -0.455 e. The third kappa shape index (κ3) is 6.58. The molecule has 1 heterocycles. The summed E-state index contributed by atoms with van der Waals surface area (Å²) < 4.78 is 54.7. The van der Waals surface area contributed by atoms with Gasteiger partial charge in [0.15, 0.2) is 15.6 Å². The van der Waals surface area contributed by atoms with Crippen molar-refractivity contribution in [2.75, 3.05) is 27.4 Å². The van der Waals surface area contributed by atoms with E-state index in [0.717, 1.165) is 6.26 Å². The third-order valence-electron chi connectivity index (χ3n) is 4.71. The fourth-order valence-corrected chi connectivity index (χ4v) is 4.37. The second-order valence-electron chi connectivity index (χ2n) is 7.32. The van der Waals surface area contributed by atoms with Gasteiger partial charge >= 0.3 is 6.03 Å². The van der Waals surface area contributed by atoms with Gasteiger partial charge in [-0.25, -0.2) is 27.1 Å². The number of carbonyl (C=O) groups is 2. The molecule has 11 nitrogen and oxygen atoms in total. The molecular weight excluding hydrogens is 472 g/mol. The summed E-state index contributed by atoms with van der Waals surface area (Å²) in [6, 6.07) is 10.8. The van der Waals surface area contributed by atoms with Crippen LogP contribution in [0.25, 0.3) is 0 Å². The summed E-state index contributed by atoms with van der Waals surface area (Å²) >= 11 is 0. The predicted octanol–water partition coefficient (Wildman–Crippen LogP) is 1.74. The van der Waals surface area contributed by atoms with Crippen LogP contribution in [-0.2, 0) is 31.2 Å². The fourth-order valence-electron chi connectivity index (χ4n) is 3.03. The first-order valence-electron chi connectivity index (χ1n) is 9.92. The van der Waals surface area contributed by atoms with Crippen molar-refractivity contribution in [3.05, 3.63) is 48.0 Å². The molecule has 0 aromatic heterocycles. The number of hydrogen-bond donors (Lipinski definition) is 3. The van der Waals surface area contributed by atoms with Gasteiger partial charge in [-0.15, -0.1) is 0 Å². The molecule has 1 aliphatic heterocycles. The number of benzene rings is 2. The van der Waals surface area contributed by atoms with E-state index in [1.165, 1.54) is 30.0 Å². The number of urea groups is 1. The molecule has 13 heteroatoms. The first-order chi connectivity index (χ1) is 15.5. The van der Waals surface area contributed by atoms with E-state index in [-0.39, 0.29) is 35.8 Å². The fraction of sp³-hybridized carbons (Fsp3) is 0.300. The van der Waals surface area contributed by atoms with Crippen LogP contribution < -0.4 is 25.2 Å². The van der Waals surface area contributed by atoms with Crippen molar-refractivity contribution in [2.24, 2.45) is 0 Å². The number of rotatable bonds is 6. The number of hydrogen-bond acceptors (Lipinski definition) is 7. The molecule has 0 saturated carbocycles. The van der Waals surface area contributed by atoms with Crippen molar-refractivity contribution in [3.8, 4) is 11.5 Å². The molecule has 2 aromatic rings. The molecule has 2 aromatic carbocycles. The highest BCUT2D eigenvalue weighted by molar-refractivity contribution is 7.92. The number of fused-ring (bicyclic) bond motifs is 2. The van der Waals surface area contributed by atoms with E-state index in [4.69, 9.17) is 4.74 Å². The molecule has 0 saturated heterocycles. The highest BCUT2D eigenvalue weighted by Crippen LogP contribution is 2.40. The number of ether oxygens (including phenoxy) is 1. The number of hydrazine groups is 1. The topological polar surface area (TPSA) is 151 Å². The van der Waals surface area contributed by atoms with Gasteiger partial charge in [0.2, 0.25) is 15.9 Å². The Hall–Kier alpha value is -3.32. The Morgan fingerprint density at radius 2 is 1.76 bits per heavy atom. The van der Waals surface area contributed by atoms with Crippen molar-refractivity contribution >= 4 is 43.2 Å². The predicted molar refractivity (Wildman–Crippen MR) is 123 cm³/mol. The van der Waals surface area contributed by atoms with Crippen molar-refractivity contribution < 1.29 is 31.2 Å². The summed E-state index contributed by atoms with van der Waals surface area (Å²) in [7, 11) is -6.89. The largest absolute Gasteiger partial charge is 0.455 e. The molecule has 0 radical (unpaired) electrons. The lowest BCUT2D eigenvalue weighted by molar-refractivity contribution is -0.121. The van der Waals surface area contributed by atoms with Crippen LogP contribution in [0.4, 0.5) is 16.2 Å². The van der Waals surface area contributed by atoms with Crippen LogP contribution in [0.3, 0.4) is 0 Å². The number of carbonyl (C=O) groups excluding carboxylic acids is 2. The van der Waals surface area contributed by atoms with E-state index < -0.39 is 31.8 Å². The maximum absolute atomic E-state index is 13.0. The molecule has 178 valence electrons. The van der Waals surface area contributed by atoms with E-state index in [9.17, 15) is 26.4 Å². The second-order valence-corrected chi connectivity index (χ2v) is 11.5. The minimum atomic E-state index is -3.56. The van der Waals surface area contributed by atoms with Crippen molar-refractivity contribution in [3.63, 3.8) is 0 Å². The normalized spacial score (nSPS) is 13.1. The quantitative estimate of drug-likeness (QED) is 0.515. The van der Waals surface area contributed by atoms with Gasteiger partial charge in [0.1, 0.15) is 5.75 Å². The zero-order valence-electron chi connectivity index (χ0n) is 18.0. The van der Waals surface area contributed by atoms with Gasteiger partial charge in [-0.05, 0) is 24.3 Å². The molecule has 0 bridgehead atoms. The number of para-hydroxylation sites is 1. The Morgan fingerprint density at radius 1 is 1.03 bits per heavy atom. The molecule has 0 spiro atoms. The Labute approximate surface area is 192 Å². The van der Waals surface area contributed by atoms with Crippen molar-refractivity contribution in [1.29, 1.82) is 0 Å².